The summed E-state index contributed by atoms with van der Waals surface area (Å²) < 4.78 is 8.89. The number of ether oxygens (including phenoxy) is 1. The summed E-state index contributed by atoms with van der Waals surface area (Å²) in [5.74, 6) is 0.638. The first kappa shape index (κ1) is 20.6. The van der Waals surface area contributed by atoms with Crippen molar-refractivity contribution in [2.75, 3.05) is 31.6 Å². The summed E-state index contributed by atoms with van der Waals surface area (Å²) in [6, 6.07) is 3.89. The molecule has 1 atom stereocenters. The second-order valence-electron chi connectivity index (χ2n) is 8.13. The minimum atomic E-state index is -0.0932. The number of nitrogens with one attached hydrogen (secondary N) is 1. The fraction of sp³-hybridized carbons (Fsp3) is 0.619. The molecule has 0 aromatic carbocycles. The Kier molecular flexibility index (Phi) is 6.17. The number of aromatic nitrogens is 4. The second kappa shape index (κ2) is 8.99. The number of carbonyl (C=O) groups is 2. The highest BCUT2D eigenvalue weighted by atomic mass is 16.5. The van der Waals surface area contributed by atoms with Gasteiger partial charge in [-0.25, -0.2) is 4.68 Å². The Bertz CT molecular complexity index is 890. The molecule has 2 aliphatic rings. The predicted molar refractivity (Wildman–Crippen MR) is 111 cm³/mol. The summed E-state index contributed by atoms with van der Waals surface area (Å²) in [6.07, 6.45) is 5.94. The van der Waals surface area contributed by atoms with Crippen molar-refractivity contribution in [1.29, 1.82) is 0 Å². The molecule has 2 saturated heterocycles. The van der Waals surface area contributed by atoms with Gasteiger partial charge in [0.15, 0.2) is 0 Å². The van der Waals surface area contributed by atoms with E-state index in [-0.39, 0.29) is 23.8 Å². The third-order valence-corrected chi connectivity index (χ3v) is 5.98. The molecular formula is C21H30N6O3. The van der Waals surface area contributed by atoms with Crippen LogP contribution in [0.25, 0.3) is 0 Å². The molecule has 0 bridgehead atoms. The number of anilines is 1. The molecule has 9 nitrogen and oxygen atoms in total. The zero-order valence-corrected chi connectivity index (χ0v) is 17.7. The number of amides is 2. The normalized spacial score (nSPS) is 19.9. The molecule has 162 valence electrons. The van der Waals surface area contributed by atoms with Crippen molar-refractivity contribution in [2.24, 2.45) is 13.0 Å². The minimum Gasteiger partial charge on any atom is -0.381 e. The van der Waals surface area contributed by atoms with Gasteiger partial charge in [0.2, 0.25) is 5.91 Å². The molecule has 2 aromatic heterocycles. The summed E-state index contributed by atoms with van der Waals surface area (Å²) in [6.45, 7) is 4.53. The molecular weight excluding hydrogens is 384 g/mol. The molecule has 0 saturated carbocycles. The first-order valence-corrected chi connectivity index (χ1v) is 10.8. The first-order chi connectivity index (χ1) is 14.6. The van der Waals surface area contributed by atoms with Gasteiger partial charge in [-0.15, -0.1) is 0 Å². The van der Waals surface area contributed by atoms with E-state index in [0.29, 0.717) is 37.8 Å². The topological polar surface area (TPSA) is 94.3 Å². The average Bonchev–Trinajstić information content (AvgIpc) is 3.49. The maximum absolute atomic E-state index is 13.0. The molecule has 30 heavy (non-hydrogen) atoms. The molecule has 4 heterocycles. The van der Waals surface area contributed by atoms with Gasteiger partial charge in [-0.05, 0) is 31.7 Å². The molecule has 9 heteroatoms. The zero-order chi connectivity index (χ0) is 21.1. The molecule has 2 aliphatic heterocycles. The van der Waals surface area contributed by atoms with Crippen LogP contribution in [-0.4, -0.2) is 62.6 Å². The lowest BCUT2D eigenvalue weighted by Crippen LogP contribution is -2.40. The van der Waals surface area contributed by atoms with Gasteiger partial charge in [0.05, 0.1) is 30.5 Å². The van der Waals surface area contributed by atoms with Crippen LogP contribution in [0.3, 0.4) is 0 Å². The number of carbonyl (C=O) groups excluding carboxylic acids is 2. The van der Waals surface area contributed by atoms with Crippen LogP contribution in [0.15, 0.2) is 18.3 Å². The van der Waals surface area contributed by atoms with E-state index in [2.05, 4.69) is 22.4 Å². The van der Waals surface area contributed by atoms with Crippen LogP contribution in [0.4, 0.5) is 5.82 Å². The van der Waals surface area contributed by atoms with E-state index in [1.807, 2.05) is 28.8 Å². The van der Waals surface area contributed by atoms with Gasteiger partial charge in [0.25, 0.3) is 5.91 Å². The van der Waals surface area contributed by atoms with Crippen molar-refractivity contribution in [2.45, 2.75) is 45.1 Å². The van der Waals surface area contributed by atoms with Crippen LogP contribution in [0.2, 0.25) is 0 Å². The van der Waals surface area contributed by atoms with Crippen LogP contribution >= 0.6 is 0 Å². The van der Waals surface area contributed by atoms with Gasteiger partial charge >= 0.3 is 0 Å². The van der Waals surface area contributed by atoms with E-state index < -0.39 is 0 Å². The number of hydrogen-bond donors (Lipinski definition) is 1. The van der Waals surface area contributed by atoms with E-state index in [4.69, 9.17) is 4.74 Å². The maximum atomic E-state index is 13.0. The number of nitrogens with zero attached hydrogens (tertiary/aromatic N) is 5. The monoisotopic (exact) mass is 414 g/mol. The van der Waals surface area contributed by atoms with Gasteiger partial charge in [-0.3, -0.25) is 14.3 Å². The van der Waals surface area contributed by atoms with Crippen molar-refractivity contribution in [3.05, 3.63) is 29.7 Å². The number of rotatable bonds is 6. The Balaban J connectivity index is 1.36. The van der Waals surface area contributed by atoms with Crippen LogP contribution in [0.1, 0.15) is 54.8 Å². The largest absolute Gasteiger partial charge is 0.381 e. The highest BCUT2D eigenvalue weighted by Crippen LogP contribution is 2.27. The Labute approximate surface area is 176 Å². The predicted octanol–water partition coefficient (Wildman–Crippen LogP) is 2.02. The standard InChI is InChI=1S/C21H30N6O3/c1-3-4-16-13-18(25(2)24-16)21(29)26-10-6-17(7-11-26)27-19(5-9-22-27)23-20(28)15-8-12-30-14-15/h5,9,13,15,17H,3-4,6-8,10-12,14H2,1-2H3,(H,23,28)/t15-/m1/s1. The van der Waals surface area contributed by atoms with Gasteiger partial charge in [-0.2, -0.15) is 10.2 Å². The molecule has 4 rings (SSSR count). The van der Waals surface area contributed by atoms with E-state index in [1.165, 1.54) is 0 Å². The summed E-state index contributed by atoms with van der Waals surface area (Å²) in [5.41, 5.74) is 1.60. The van der Waals surface area contributed by atoms with Crippen molar-refractivity contribution in [1.82, 2.24) is 24.5 Å². The molecule has 2 fully saturated rings. The second-order valence-corrected chi connectivity index (χ2v) is 8.13. The van der Waals surface area contributed by atoms with Gasteiger partial charge in [0, 0.05) is 32.8 Å². The van der Waals surface area contributed by atoms with Crippen molar-refractivity contribution >= 4 is 17.6 Å². The van der Waals surface area contributed by atoms with Crippen LogP contribution in [0.5, 0.6) is 0 Å². The first-order valence-electron chi connectivity index (χ1n) is 10.8. The highest BCUT2D eigenvalue weighted by molar-refractivity contribution is 5.93. The lowest BCUT2D eigenvalue weighted by molar-refractivity contribution is -0.119. The van der Waals surface area contributed by atoms with Crippen LogP contribution < -0.4 is 5.32 Å². The lowest BCUT2D eigenvalue weighted by Gasteiger charge is -2.32. The highest BCUT2D eigenvalue weighted by Gasteiger charge is 2.29. The fourth-order valence-corrected chi connectivity index (χ4v) is 4.25. The third kappa shape index (κ3) is 4.26. The Morgan fingerprint density at radius 1 is 1.27 bits per heavy atom. The summed E-state index contributed by atoms with van der Waals surface area (Å²) in [5, 5.41) is 11.9. The zero-order valence-electron chi connectivity index (χ0n) is 17.7. The van der Waals surface area contributed by atoms with Crippen LogP contribution in [-0.2, 0) is 23.0 Å². The quantitative estimate of drug-likeness (QED) is 0.780. The SMILES string of the molecule is CCCc1cc(C(=O)N2CCC(n3nccc3NC(=O)[C@@H]3CCOC3)CC2)n(C)n1. The number of hydrogen-bond acceptors (Lipinski definition) is 5. The maximum Gasteiger partial charge on any atom is 0.272 e. The van der Waals surface area contributed by atoms with Gasteiger partial charge in [0.1, 0.15) is 11.5 Å². The molecule has 0 radical (unpaired) electrons. The molecule has 0 unspecified atom stereocenters. The Morgan fingerprint density at radius 2 is 2.07 bits per heavy atom. The minimum absolute atomic E-state index is 0.0130. The van der Waals surface area contributed by atoms with Crippen molar-refractivity contribution < 1.29 is 14.3 Å². The third-order valence-electron chi connectivity index (χ3n) is 5.98. The molecule has 0 spiro atoms. The van der Waals surface area contributed by atoms with E-state index >= 15 is 0 Å². The molecule has 0 aliphatic carbocycles. The Hall–Kier alpha value is -2.68. The molecule has 2 amide bonds. The fourth-order valence-electron chi connectivity index (χ4n) is 4.25. The number of aryl methyl sites for hydroxylation is 2. The summed E-state index contributed by atoms with van der Waals surface area (Å²) in [4.78, 5) is 27.3. The lowest BCUT2D eigenvalue weighted by atomic mass is 10.0. The van der Waals surface area contributed by atoms with E-state index in [9.17, 15) is 9.59 Å². The van der Waals surface area contributed by atoms with Crippen molar-refractivity contribution in [3.8, 4) is 0 Å². The van der Waals surface area contributed by atoms with E-state index in [1.54, 1.807) is 10.9 Å². The van der Waals surface area contributed by atoms with Crippen molar-refractivity contribution in [3.63, 3.8) is 0 Å². The smallest absolute Gasteiger partial charge is 0.272 e. The summed E-state index contributed by atoms with van der Waals surface area (Å²) >= 11 is 0. The van der Waals surface area contributed by atoms with E-state index in [0.717, 1.165) is 37.8 Å². The average molecular weight is 415 g/mol. The number of likely N-dealkylation sites (tertiary alicyclic amines) is 1. The summed E-state index contributed by atoms with van der Waals surface area (Å²) in [7, 11) is 1.83. The van der Waals surface area contributed by atoms with Gasteiger partial charge in [-0.1, -0.05) is 13.3 Å². The Morgan fingerprint density at radius 3 is 2.77 bits per heavy atom. The molecule has 2 aromatic rings. The van der Waals surface area contributed by atoms with Crippen LogP contribution in [0, 0.1) is 5.92 Å². The van der Waals surface area contributed by atoms with Gasteiger partial charge < -0.3 is 15.0 Å². The molecule has 1 N–H and O–H groups in total. The number of piperidine rings is 1.